The highest BCUT2D eigenvalue weighted by atomic mass is 16.5. The van der Waals surface area contributed by atoms with Crippen molar-refractivity contribution in [1.29, 1.82) is 5.26 Å². The summed E-state index contributed by atoms with van der Waals surface area (Å²) in [5, 5.41) is 12.0. The summed E-state index contributed by atoms with van der Waals surface area (Å²) < 4.78 is 14.7. The summed E-state index contributed by atoms with van der Waals surface area (Å²) in [5.74, 6) is 0.906. The van der Waals surface area contributed by atoms with Crippen LogP contribution in [0.25, 0.3) is 44.3 Å². The zero-order valence-electron chi connectivity index (χ0n) is 18.7. The predicted octanol–water partition coefficient (Wildman–Crippen LogP) is 6.25. The van der Waals surface area contributed by atoms with Crippen molar-refractivity contribution in [3.05, 3.63) is 83.6 Å². The summed E-state index contributed by atoms with van der Waals surface area (Å²) in [7, 11) is 2.04. The van der Waals surface area contributed by atoms with Crippen LogP contribution in [0.15, 0.2) is 71.3 Å². The van der Waals surface area contributed by atoms with E-state index in [1.807, 2.05) is 37.5 Å². The summed E-state index contributed by atoms with van der Waals surface area (Å²) in [5.41, 5.74) is 8.48. The number of furan rings is 1. The van der Waals surface area contributed by atoms with E-state index in [0.29, 0.717) is 5.56 Å². The second-order valence-corrected chi connectivity index (χ2v) is 8.68. The van der Waals surface area contributed by atoms with Crippen LogP contribution in [0.3, 0.4) is 0 Å². The van der Waals surface area contributed by atoms with Gasteiger partial charge in [-0.3, -0.25) is 0 Å². The highest BCUT2D eigenvalue weighted by Crippen LogP contribution is 2.42. The largest absolute Gasteiger partial charge is 0.493 e. The molecule has 0 bridgehead atoms. The van der Waals surface area contributed by atoms with Crippen LogP contribution < -0.4 is 9.30 Å². The van der Waals surface area contributed by atoms with Crippen molar-refractivity contribution in [2.45, 2.75) is 19.8 Å². The standard InChI is InChI=1S/C29H23N2O2/c1-18-8-12-22-23-13-11-21(17-30)27(20-10-9-19-6-5-15-32-25(19)16-20)29(23)33-28(22)26(18)24-7-3-4-14-31(24)2/h3-4,7-14,16H,5-6,15H2,1-2H3/q+1. The molecule has 0 spiro atoms. The fourth-order valence-electron chi connectivity index (χ4n) is 4.98. The smallest absolute Gasteiger partial charge is 0.216 e. The first-order valence-electron chi connectivity index (χ1n) is 11.3. The Bertz CT molecular complexity index is 1600. The van der Waals surface area contributed by atoms with E-state index in [1.54, 1.807) is 0 Å². The van der Waals surface area contributed by atoms with Crippen LogP contribution in [0.1, 0.15) is 23.1 Å². The van der Waals surface area contributed by atoms with E-state index < -0.39 is 0 Å². The molecule has 2 aromatic heterocycles. The highest BCUT2D eigenvalue weighted by molar-refractivity contribution is 6.14. The lowest BCUT2D eigenvalue weighted by atomic mass is 9.94. The quantitative estimate of drug-likeness (QED) is 0.311. The van der Waals surface area contributed by atoms with Crippen molar-refractivity contribution in [3.8, 4) is 34.2 Å². The summed E-state index contributed by atoms with van der Waals surface area (Å²) in [6.07, 6.45) is 4.10. The molecule has 160 valence electrons. The van der Waals surface area contributed by atoms with Crippen LogP contribution in [-0.4, -0.2) is 6.61 Å². The molecule has 0 atom stereocenters. The van der Waals surface area contributed by atoms with Crippen molar-refractivity contribution in [1.82, 2.24) is 0 Å². The number of pyridine rings is 1. The average Bonchev–Trinajstić information content (AvgIpc) is 3.22. The minimum absolute atomic E-state index is 0.598. The molecular formula is C29H23N2O2+. The fourth-order valence-corrected chi connectivity index (χ4v) is 4.98. The molecule has 0 saturated heterocycles. The summed E-state index contributed by atoms with van der Waals surface area (Å²) in [6, 6.07) is 23.0. The SMILES string of the molecule is Cc1ccc2c(oc3c(-c4ccc5c(c4)OCCC5)c(C#N)ccc32)c1-c1cccc[n+]1C. The van der Waals surface area contributed by atoms with Crippen molar-refractivity contribution in [2.75, 3.05) is 6.61 Å². The topological polar surface area (TPSA) is 50.0 Å². The maximum atomic E-state index is 9.94. The molecule has 1 aliphatic rings. The van der Waals surface area contributed by atoms with Gasteiger partial charge in [-0.05, 0) is 60.7 Å². The lowest BCUT2D eigenvalue weighted by Gasteiger charge is -2.18. The van der Waals surface area contributed by atoms with E-state index in [9.17, 15) is 5.26 Å². The van der Waals surface area contributed by atoms with Crippen LogP contribution >= 0.6 is 0 Å². The Morgan fingerprint density at radius 2 is 1.76 bits per heavy atom. The molecule has 1 aliphatic heterocycles. The van der Waals surface area contributed by atoms with Gasteiger partial charge in [0.15, 0.2) is 6.20 Å². The van der Waals surface area contributed by atoms with Gasteiger partial charge in [-0.1, -0.05) is 24.3 Å². The van der Waals surface area contributed by atoms with Gasteiger partial charge in [-0.2, -0.15) is 5.26 Å². The number of rotatable bonds is 2. The fraction of sp³-hybridized carbons (Fsp3) is 0.172. The number of nitriles is 1. The number of hydrogen-bond acceptors (Lipinski definition) is 3. The maximum Gasteiger partial charge on any atom is 0.216 e. The third kappa shape index (κ3) is 3.01. The number of aryl methyl sites for hydroxylation is 3. The first-order valence-corrected chi connectivity index (χ1v) is 11.3. The molecule has 0 unspecified atom stereocenters. The lowest BCUT2D eigenvalue weighted by molar-refractivity contribution is -0.660. The van der Waals surface area contributed by atoms with Crippen LogP contribution in [0.4, 0.5) is 0 Å². The Balaban J connectivity index is 1.68. The maximum absolute atomic E-state index is 9.94. The monoisotopic (exact) mass is 431 g/mol. The summed E-state index contributed by atoms with van der Waals surface area (Å²) >= 11 is 0. The normalized spacial score (nSPS) is 13.0. The highest BCUT2D eigenvalue weighted by Gasteiger charge is 2.23. The van der Waals surface area contributed by atoms with E-state index in [1.165, 1.54) is 5.56 Å². The van der Waals surface area contributed by atoms with Gasteiger partial charge >= 0.3 is 0 Å². The van der Waals surface area contributed by atoms with Gasteiger partial charge in [0.05, 0.1) is 23.8 Å². The minimum Gasteiger partial charge on any atom is -0.493 e. The molecule has 0 radical (unpaired) electrons. The van der Waals surface area contributed by atoms with Gasteiger partial charge in [-0.25, -0.2) is 4.57 Å². The van der Waals surface area contributed by atoms with E-state index in [2.05, 4.69) is 54.0 Å². The molecule has 0 N–H and O–H groups in total. The second-order valence-electron chi connectivity index (χ2n) is 8.68. The van der Waals surface area contributed by atoms with Crippen LogP contribution in [0.2, 0.25) is 0 Å². The number of nitrogens with zero attached hydrogens (tertiary/aromatic N) is 2. The Morgan fingerprint density at radius 3 is 2.58 bits per heavy atom. The first kappa shape index (κ1) is 19.6. The summed E-state index contributed by atoms with van der Waals surface area (Å²) in [6.45, 7) is 2.84. The van der Waals surface area contributed by atoms with Gasteiger partial charge in [0.25, 0.3) is 0 Å². The molecule has 0 saturated carbocycles. The van der Waals surface area contributed by atoms with Crippen LogP contribution in [0, 0.1) is 18.3 Å². The summed E-state index contributed by atoms with van der Waals surface area (Å²) in [4.78, 5) is 0. The minimum atomic E-state index is 0.598. The second kappa shape index (κ2) is 7.50. The third-order valence-corrected chi connectivity index (χ3v) is 6.65. The van der Waals surface area contributed by atoms with E-state index in [4.69, 9.17) is 9.15 Å². The van der Waals surface area contributed by atoms with Crippen LogP contribution in [0.5, 0.6) is 5.75 Å². The van der Waals surface area contributed by atoms with E-state index >= 15 is 0 Å². The zero-order chi connectivity index (χ0) is 22.5. The van der Waals surface area contributed by atoms with Gasteiger partial charge < -0.3 is 9.15 Å². The average molecular weight is 432 g/mol. The Kier molecular flexibility index (Phi) is 4.45. The number of aromatic nitrogens is 1. The molecule has 3 heterocycles. The molecule has 6 rings (SSSR count). The van der Waals surface area contributed by atoms with E-state index in [0.717, 1.165) is 75.1 Å². The molecular weight excluding hydrogens is 408 g/mol. The Hall–Kier alpha value is -4.10. The molecule has 4 nitrogen and oxygen atoms in total. The van der Waals surface area contributed by atoms with Crippen molar-refractivity contribution in [2.24, 2.45) is 7.05 Å². The van der Waals surface area contributed by atoms with Crippen molar-refractivity contribution < 1.29 is 13.7 Å². The Labute approximate surface area is 192 Å². The van der Waals surface area contributed by atoms with E-state index in [-0.39, 0.29) is 0 Å². The third-order valence-electron chi connectivity index (χ3n) is 6.65. The van der Waals surface area contributed by atoms with Crippen molar-refractivity contribution >= 4 is 21.9 Å². The van der Waals surface area contributed by atoms with Gasteiger partial charge in [0.2, 0.25) is 5.69 Å². The molecule has 33 heavy (non-hydrogen) atoms. The van der Waals surface area contributed by atoms with Crippen LogP contribution in [-0.2, 0) is 13.5 Å². The first-order chi connectivity index (χ1) is 16.2. The van der Waals surface area contributed by atoms with Gasteiger partial charge in [-0.15, -0.1) is 0 Å². The number of fused-ring (bicyclic) bond motifs is 4. The molecule has 0 aliphatic carbocycles. The molecule has 0 amide bonds. The number of hydrogen-bond donors (Lipinski definition) is 0. The molecule has 3 aromatic carbocycles. The number of ether oxygens (including phenoxy) is 1. The Morgan fingerprint density at radius 1 is 0.939 bits per heavy atom. The van der Waals surface area contributed by atoms with Gasteiger partial charge in [0.1, 0.15) is 24.0 Å². The van der Waals surface area contributed by atoms with Gasteiger partial charge in [0, 0.05) is 28.5 Å². The molecule has 5 aromatic rings. The molecule has 0 fully saturated rings. The predicted molar refractivity (Wildman–Crippen MR) is 129 cm³/mol. The van der Waals surface area contributed by atoms with Crippen molar-refractivity contribution in [3.63, 3.8) is 0 Å². The molecule has 4 heteroatoms. The number of benzene rings is 3. The lowest BCUT2D eigenvalue weighted by Crippen LogP contribution is -2.30. The zero-order valence-corrected chi connectivity index (χ0v) is 18.7.